The fourth-order valence-corrected chi connectivity index (χ4v) is 2.20. The van der Waals surface area contributed by atoms with Gasteiger partial charge in [-0.25, -0.2) is 0 Å². The van der Waals surface area contributed by atoms with Crippen molar-refractivity contribution in [2.75, 3.05) is 13.6 Å². The van der Waals surface area contributed by atoms with Crippen molar-refractivity contribution in [3.05, 3.63) is 59.9 Å². The van der Waals surface area contributed by atoms with Crippen LogP contribution in [0, 0.1) is 0 Å². The lowest BCUT2D eigenvalue weighted by Crippen LogP contribution is -2.34. The molecule has 122 valence electrons. The summed E-state index contributed by atoms with van der Waals surface area (Å²) in [4.78, 5) is 17.7. The number of hydrogen-bond acceptors (Lipinski definition) is 4. The number of carbonyl (C=O) groups excluding carboxylic acids is 1. The summed E-state index contributed by atoms with van der Waals surface area (Å²) in [6.07, 6.45) is 3.24. The van der Waals surface area contributed by atoms with Crippen LogP contribution in [0.3, 0.4) is 0 Å². The smallest absolute Gasteiger partial charge is 0.226 e. The fourth-order valence-electron chi connectivity index (χ4n) is 2.20. The van der Waals surface area contributed by atoms with Crippen LogP contribution in [0.5, 0.6) is 5.75 Å². The second kappa shape index (κ2) is 8.29. The molecule has 0 fully saturated rings. The molecule has 1 atom stereocenters. The Kier molecular flexibility index (Phi) is 6.11. The van der Waals surface area contributed by atoms with Crippen LogP contribution in [-0.4, -0.2) is 40.6 Å². The zero-order valence-electron chi connectivity index (χ0n) is 13.5. The summed E-state index contributed by atoms with van der Waals surface area (Å²) in [5.41, 5.74) is 1.88. The molecule has 1 N–H and O–H groups in total. The van der Waals surface area contributed by atoms with E-state index in [2.05, 4.69) is 4.98 Å². The third-order valence-electron chi connectivity index (χ3n) is 3.35. The molecule has 0 radical (unpaired) electrons. The third-order valence-corrected chi connectivity index (χ3v) is 3.35. The highest BCUT2D eigenvalue weighted by atomic mass is 16.5. The van der Waals surface area contributed by atoms with Gasteiger partial charge in [0.05, 0.1) is 12.5 Å². The molecule has 1 unspecified atom stereocenters. The Bertz CT molecular complexity index is 629. The van der Waals surface area contributed by atoms with Crippen LogP contribution in [-0.2, 0) is 17.8 Å². The summed E-state index contributed by atoms with van der Waals surface area (Å²) in [7, 11) is 1.69. The van der Waals surface area contributed by atoms with Gasteiger partial charge in [-0.2, -0.15) is 0 Å². The van der Waals surface area contributed by atoms with Crippen LogP contribution in [0.15, 0.2) is 48.8 Å². The highest BCUT2D eigenvalue weighted by Crippen LogP contribution is 2.16. The van der Waals surface area contributed by atoms with Gasteiger partial charge in [-0.15, -0.1) is 0 Å². The lowest BCUT2D eigenvalue weighted by atomic mass is 10.1. The molecule has 1 heterocycles. The number of pyridine rings is 1. The van der Waals surface area contributed by atoms with Crippen LogP contribution in [0.1, 0.15) is 18.1 Å². The number of aliphatic hydroxyl groups is 1. The molecule has 23 heavy (non-hydrogen) atoms. The molecule has 0 aliphatic rings. The number of nitrogens with zero attached hydrogens (tertiary/aromatic N) is 2. The highest BCUT2D eigenvalue weighted by Gasteiger charge is 2.12. The lowest BCUT2D eigenvalue weighted by Gasteiger charge is -2.19. The van der Waals surface area contributed by atoms with E-state index in [9.17, 15) is 9.90 Å². The number of aromatic nitrogens is 1. The maximum absolute atomic E-state index is 12.1. The predicted octanol–water partition coefficient (Wildman–Crippen LogP) is 2.04. The zero-order valence-corrected chi connectivity index (χ0v) is 13.5. The van der Waals surface area contributed by atoms with Crippen molar-refractivity contribution in [3.8, 4) is 5.75 Å². The van der Waals surface area contributed by atoms with E-state index in [0.717, 1.165) is 16.9 Å². The van der Waals surface area contributed by atoms with Gasteiger partial charge in [-0.3, -0.25) is 9.78 Å². The minimum absolute atomic E-state index is 0.0321. The van der Waals surface area contributed by atoms with Gasteiger partial charge in [0.15, 0.2) is 0 Å². The van der Waals surface area contributed by atoms with E-state index < -0.39 is 6.10 Å². The monoisotopic (exact) mass is 314 g/mol. The second-order valence-electron chi connectivity index (χ2n) is 5.60. The quantitative estimate of drug-likeness (QED) is 0.849. The minimum Gasteiger partial charge on any atom is -0.489 e. The van der Waals surface area contributed by atoms with Crippen LogP contribution in [0.25, 0.3) is 0 Å². The summed E-state index contributed by atoms with van der Waals surface area (Å²) in [6, 6.07) is 11.3. The molecule has 0 spiro atoms. The average Bonchev–Trinajstić information content (AvgIpc) is 2.53. The molecule has 0 saturated heterocycles. The Morgan fingerprint density at radius 2 is 2.09 bits per heavy atom. The maximum atomic E-state index is 12.1. The molecule has 2 rings (SSSR count). The Morgan fingerprint density at radius 3 is 2.78 bits per heavy atom. The molecule has 0 aliphatic carbocycles. The van der Waals surface area contributed by atoms with Gasteiger partial charge in [-0.05, 0) is 30.7 Å². The van der Waals surface area contributed by atoms with E-state index in [1.165, 1.54) is 4.90 Å². The topological polar surface area (TPSA) is 62.7 Å². The Labute approximate surface area is 136 Å². The molecule has 5 heteroatoms. The Hall–Kier alpha value is -2.40. The molecular weight excluding hydrogens is 292 g/mol. The molecule has 5 nitrogen and oxygen atoms in total. The van der Waals surface area contributed by atoms with Crippen molar-refractivity contribution in [2.45, 2.75) is 26.1 Å². The average molecular weight is 314 g/mol. The number of ether oxygens (including phenoxy) is 1. The fraction of sp³-hybridized carbons (Fsp3) is 0.333. The first-order valence-electron chi connectivity index (χ1n) is 7.57. The number of carbonyl (C=O) groups is 1. The molecule has 0 saturated carbocycles. The summed E-state index contributed by atoms with van der Waals surface area (Å²) in [5, 5.41) is 9.34. The second-order valence-corrected chi connectivity index (χ2v) is 5.60. The van der Waals surface area contributed by atoms with Crippen molar-refractivity contribution in [1.82, 2.24) is 9.88 Å². The molecular formula is C18H22N2O3. The summed E-state index contributed by atoms with van der Waals surface area (Å²) in [6.45, 7) is 2.43. The van der Waals surface area contributed by atoms with Gasteiger partial charge in [0.1, 0.15) is 12.4 Å². The van der Waals surface area contributed by atoms with Gasteiger partial charge in [-0.1, -0.05) is 18.2 Å². The van der Waals surface area contributed by atoms with Gasteiger partial charge >= 0.3 is 0 Å². The third kappa shape index (κ3) is 5.71. The molecule has 1 amide bonds. The predicted molar refractivity (Wildman–Crippen MR) is 88.0 cm³/mol. The van der Waals surface area contributed by atoms with E-state index in [1.807, 2.05) is 36.4 Å². The van der Waals surface area contributed by atoms with Gasteiger partial charge in [0, 0.05) is 31.5 Å². The summed E-state index contributed by atoms with van der Waals surface area (Å²) >= 11 is 0. The van der Waals surface area contributed by atoms with Crippen molar-refractivity contribution < 1.29 is 14.6 Å². The molecule has 0 bridgehead atoms. The summed E-state index contributed by atoms with van der Waals surface area (Å²) in [5.74, 6) is 0.688. The van der Waals surface area contributed by atoms with Crippen LogP contribution in [0.4, 0.5) is 0 Å². The van der Waals surface area contributed by atoms with Gasteiger partial charge in [0.2, 0.25) is 5.91 Å². The van der Waals surface area contributed by atoms with Gasteiger partial charge < -0.3 is 14.7 Å². The normalized spacial score (nSPS) is 11.8. The summed E-state index contributed by atoms with van der Waals surface area (Å²) < 4.78 is 5.73. The SMILES string of the molecule is CC(O)CN(C)C(=O)Cc1cccc(OCc2cccnc2)c1. The number of amides is 1. The van der Waals surface area contributed by atoms with Crippen molar-refractivity contribution in [2.24, 2.45) is 0 Å². The first-order valence-corrected chi connectivity index (χ1v) is 7.57. The van der Waals surface area contributed by atoms with Crippen LogP contribution in [0.2, 0.25) is 0 Å². The zero-order chi connectivity index (χ0) is 16.7. The number of benzene rings is 1. The molecule has 0 aliphatic heterocycles. The Balaban J connectivity index is 1.93. The first-order chi connectivity index (χ1) is 11.0. The largest absolute Gasteiger partial charge is 0.489 e. The van der Waals surface area contributed by atoms with E-state index in [-0.39, 0.29) is 12.3 Å². The standard InChI is InChI=1S/C18H22N2O3/c1-14(21)12-20(2)18(22)10-15-5-3-7-17(9-15)23-13-16-6-4-8-19-11-16/h3-9,11,14,21H,10,12-13H2,1-2H3. The van der Waals surface area contributed by atoms with Crippen molar-refractivity contribution >= 4 is 5.91 Å². The highest BCUT2D eigenvalue weighted by molar-refractivity contribution is 5.78. The first kappa shape index (κ1) is 17.0. The number of hydrogen-bond donors (Lipinski definition) is 1. The van der Waals surface area contributed by atoms with Crippen LogP contribution >= 0.6 is 0 Å². The Morgan fingerprint density at radius 1 is 1.30 bits per heavy atom. The number of likely N-dealkylation sites (N-methyl/N-ethyl adjacent to an activating group) is 1. The van der Waals surface area contributed by atoms with E-state index in [0.29, 0.717) is 13.2 Å². The molecule has 2 aromatic rings. The number of aliphatic hydroxyl groups excluding tert-OH is 1. The van der Waals surface area contributed by atoms with Gasteiger partial charge in [0.25, 0.3) is 0 Å². The van der Waals surface area contributed by atoms with E-state index >= 15 is 0 Å². The lowest BCUT2D eigenvalue weighted by molar-refractivity contribution is -0.130. The van der Waals surface area contributed by atoms with Crippen molar-refractivity contribution in [1.29, 1.82) is 0 Å². The minimum atomic E-state index is -0.530. The van der Waals surface area contributed by atoms with E-state index in [4.69, 9.17) is 4.74 Å². The van der Waals surface area contributed by atoms with E-state index in [1.54, 1.807) is 26.4 Å². The molecule has 1 aromatic heterocycles. The van der Waals surface area contributed by atoms with Crippen LogP contribution < -0.4 is 4.74 Å². The maximum Gasteiger partial charge on any atom is 0.226 e. The van der Waals surface area contributed by atoms with Crippen molar-refractivity contribution in [3.63, 3.8) is 0 Å². The molecule has 1 aromatic carbocycles. The number of rotatable bonds is 7.